The Morgan fingerprint density at radius 3 is 2.96 bits per heavy atom. The fourth-order valence-corrected chi connectivity index (χ4v) is 3.47. The number of hydrogen-bond acceptors (Lipinski definition) is 3. The summed E-state index contributed by atoms with van der Waals surface area (Å²) in [5.41, 5.74) is 0.911. The van der Waals surface area contributed by atoms with Gasteiger partial charge in [0.2, 0.25) is 5.56 Å². The number of H-pyrrole nitrogens is 1. The molecule has 0 aliphatic carbocycles. The second-order valence-electron chi connectivity index (χ2n) is 5.59. The molecular formula is C16H19BrClN3O2. The highest BCUT2D eigenvalue weighted by molar-refractivity contribution is 9.10. The molecule has 0 bridgehead atoms. The number of benzene rings is 1. The molecule has 1 aliphatic rings. The van der Waals surface area contributed by atoms with E-state index in [0.29, 0.717) is 11.1 Å². The molecule has 1 aromatic carbocycles. The molecule has 1 saturated heterocycles. The number of fused-ring (bicyclic) bond motifs is 1. The Morgan fingerprint density at radius 2 is 2.22 bits per heavy atom. The smallest absolute Gasteiger partial charge is 0.255 e. The molecule has 0 spiro atoms. The summed E-state index contributed by atoms with van der Waals surface area (Å²) in [6.45, 7) is 1.52. The van der Waals surface area contributed by atoms with E-state index in [2.05, 4.69) is 26.2 Å². The molecule has 3 rings (SSSR count). The van der Waals surface area contributed by atoms with E-state index in [0.717, 1.165) is 35.8 Å². The van der Waals surface area contributed by atoms with E-state index in [1.165, 1.54) is 6.07 Å². The molecule has 7 heteroatoms. The lowest BCUT2D eigenvalue weighted by atomic mass is 10.1. The zero-order valence-electron chi connectivity index (χ0n) is 12.8. The molecular weight excluding hydrogens is 382 g/mol. The number of carbonyl (C=O) groups is 1. The lowest BCUT2D eigenvalue weighted by Crippen LogP contribution is -2.41. The van der Waals surface area contributed by atoms with Crippen LogP contribution in [0.5, 0.6) is 0 Å². The molecule has 1 aromatic heterocycles. The molecule has 1 amide bonds. The number of likely N-dealkylation sites (N-methyl/N-ethyl adjacent to an activating group) is 1. The Balaban J connectivity index is 0.00000192. The predicted molar refractivity (Wildman–Crippen MR) is 97.5 cm³/mol. The molecule has 2 aromatic rings. The highest BCUT2D eigenvalue weighted by atomic mass is 79.9. The first kappa shape index (κ1) is 18.0. The van der Waals surface area contributed by atoms with Gasteiger partial charge in [-0.3, -0.25) is 9.59 Å². The molecule has 23 heavy (non-hydrogen) atoms. The molecule has 2 N–H and O–H groups in total. The highest BCUT2D eigenvalue weighted by Crippen LogP contribution is 2.25. The first-order valence-electron chi connectivity index (χ1n) is 7.38. The van der Waals surface area contributed by atoms with Gasteiger partial charge in [-0.1, -0.05) is 15.9 Å². The average molecular weight is 401 g/mol. The molecule has 5 nitrogen and oxygen atoms in total. The Bertz CT molecular complexity index is 777. The third-order valence-corrected chi connectivity index (χ3v) is 4.61. The summed E-state index contributed by atoms with van der Waals surface area (Å²) in [7, 11) is 1.89. The van der Waals surface area contributed by atoms with Crippen LogP contribution in [0.1, 0.15) is 23.2 Å². The van der Waals surface area contributed by atoms with Crippen LogP contribution in [0, 0.1) is 0 Å². The number of likely N-dealkylation sites (tertiary alicyclic amines) is 1. The molecule has 2 heterocycles. The zero-order chi connectivity index (χ0) is 15.7. The average Bonchev–Trinajstić information content (AvgIpc) is 2.95. The molecule has 0 radical (unpaired) electrons. The van der Waals surface area contributed by atoms with Gasteiger partial charge in [-0.05, 0) is 38.1 Å². The number of hydrogen-bond donors (Lipinski definition) is 2. The lowest BCUT2D eigenvalue weighted by Gasteiger charge is -2.25. The van der Waals surface area contributed by atoms with E-state index in [9.17, 15) is 9.59 Å². The van der Waals surface area contributed by atoms with Crippen molar-refractivity contribution in [2.75, 3.05) is 20.1 Å². The van der Waals surface area contributed by atoms with Gasteiger partial charge < -0.3 is 15.2 Å². The number of nitrogens with zero attached hydrogens (tertiary/aromatic N) is 1. The highest BCUT2D eigenvalue weighted by Gasteiger charge is 2.29. The van der Waals surface area contributed by atoms with E-state index >= 15 is 0 Å². The van der Waals surface area contributed by atoms with Crippen LogP contribution in [-0.4, -0.2) is 42.0 Å². The van der Waals surface area contributed by atoms with Crippen molar-refractivity contribution in [3.63, 3.8) is 0 Å². The van der Waals surface area contributed by atoms with Crippen LogP contribution >= 0.6 is 28.3 Å². The minimum Gasteiger partial charge on any atom is -0.334 e. The molecule has 124 valence electrons. The Labute approximate surface area is 149 Å². The standard InChI is InChI=1S/C16H18BrN3O2.ClH/c1-18-9-11-3-2-6-20(11)16(22)13-8-15(21)19-14-5-4-10(17)7-12(13)14;/h4-5,7-8,11,18H,2-3,6,9H2,1H3,(H,19,21);1H. The second kappa shape index (κ2) is 7.47. The zero-order valence-corrected chi connectivity index (χ0v) is 15.2. The van der Waals surface area contributed by atoms with Crippen LogP contribution < -0.4 is 10.9 Å². The van der Waals surface area contributed by atoms with Crippen molar-refractivity contribution in [2.45, 2.75) is 18.9 Å². The van der Waals surface area contributed by atoms with Gasteiger partial charge in [-0.15, -0.1) is 12.4 Å². The molecule has 0 saturated carbocycles. The molecule has 1 fully saturated rings. The van der Waals surface area contributed by atoms with Gasteiger partial charge in [0.15, 0.2) is 0 Å². The monoisotopic (exact) mass is 399 g/mol. The van der Waals surface area contributed by atoms with Crippen molar-refractivity contribution in [3.8, 4) is 0 Å². The fourth-order valence-electron chi connectivity index (χ4n) is 3.11. The second-order valence-corrected chi connectivity index (χ2v) is 6.51. The van der Waals surface area contributed by atoms with Gasteiger partial charge >= 0.3 is 0 Å². The third kappa shape index (κ3) is 3.59. The van der Waals surface area contributed by atoms with Gasteiger partial charge in [0.1, 0.15) is 0 Å². The van der Waals surface area contributed by atoms with Crippen molar-refractivity contribution in [3.05, 3.63) is 44.7 Å². The van der Waals surface area contributed by atoms with Gasteiger partial charge in [0, 0.05) is 40.6 Å². The van der Waals surface area contributed by atoms with Crippen LogP contribution in [0.3, 0.4) is 0 Å². The number of carbonyl (C=O) groups excluding carboxylic acids is 1. The maximum Gasteiger partial charge on any atom is 0.255 e. The SMILES string of the molecule is CNCC1CCCN1C(=O)c1cc(=O)[nH]c2ccc(Br)cc12.Cl. The number of aromatic nitrogens is 1. The predicted octanol–water partition coefficient (Wildman–Crippen LogP) is 2.54. The maximum atomic E-state index is 12.9. The minimum atomic E-state index is -0.248. The van der Waals surface area contributed by atoms with E-state index in [1.54, 1.807) is 0 Å². The summed E-state index contributed by atoms with van der Waals surface area (Å²) in [5.74, 6) is -0.0630. The quantitative estimate of drug-likeness (QED) is 0.832. The van der Waals surface area contributed by atoms with Crippen LogP contribution in [0.4, 0.5) is 0 Å². The van der Waals surface area contributed by atoms with Crippen molar-refractivity contribution in [1.82, 2.24) is 15.2 Å². The van der Waals surface area contributed by atoms with Gasteiger partial charge in [-0.2, -0.15) is 0 Å². The first-order chi connectivity index (χ1) is 10.6. The van der Waals surface area contributed by atoms with Crippen molar-refractivity contribution < 1.29 is 4.79 Å². The molecule has 1 aliphatic heterocycles. The van der Waals surface area contributed by atoms with Crippen LogP contribution in [0.2, 0.25) is 0 Å². The van der Waals surface area contributed by atoms with E-state index in [4.69, 9.17) is 0 Å². The first-order valence-corrected chi connectivity index (χ1v) is 8.17. The number of amides is 1. The topological polar surface area (TPSA) is 65.2 Å². The van der Waals surface area contributed by atoms with E-state index in [-0.39, 0.29) is 29.9 Å². The number of aromatic amines is 1. The van der Waals surface area contributed by atoms with Crippen LogP contribution in [-0.2, 0) is 0 Å². The maximum absolute atomic E-state index is 12.9. The van der Waals surface area contributed by atoms with Crippen molar-refractivity contribution in [1.29, 1.82) is 0 Å². The Morgan fingerprint density at radius 1 is 1.43 bits per heavy atom. The normalized spacial score (nSPS) is 17.3. The fraction of sp³-hybridized carbons (Fsp3) is 0.375. The number of pyridine rings is 1. The summed E-state index contributed by atoms with van der Waals surface area (Å²) in [6, 6.07) is 7.14. The van der Waals surface area contributed by atoms with E-state index in [1.807, 2.05) is 30.1 Å². The van der Waals surface area contributed by atoms with Crippen molar-refractivity contribution >= 4 is 45.1 Å². The lowest BCUT2D eigenvalue weighted by molar-refractivity contribution is 0.0739. The van der Waals surface area contributed by atoms with Gasteiger partial charge in [-0.25, -0.2) is 0 Å². The molecule has 1 atom stereocenters. The number of rotatable bonds is 3. The summed E-state index contributed by atoms with van der Waals surface area (Å²) >= 11 is 3.43. The summed E-state index contributed by atoms with van der Waals surface area (Å²) < 4.78 is 0.884. The van der Waals surface area contributed by atoms with Crippen molar-refractivity contribution in [2.24, 2.45) is 0 Å². The largest absolute Gasteiger partial charge is 0.334 e. The van der Waals surface area contributed by atoms with E-state index < -0.39 is 0 Å². The van der Waals surface area contributed by atoms with Gasteiger partial charge in [0.05, 0.1) is 5.56 Å². The summed E-state index contributed by atoms with van der Waals surface area (Å²) in [5, 5.41) is 3.91. The van der Waals surface area contributed by atoms with Gasteiger partial charge in [0.25, 0.3) is 5.91 Å². The minimum absolute atomic E-state index is 0. The van der Waals surface area contributed by atoms with Crippen LogP contribution in [0.15, 0.2) is 33.5 Å². The number of nitrogens with one attached hydrogen (secondary N) is 2. The van der Waals surface area contributed by atoms with Crippen LogP contribution in [0.25, 0.3) is 10.9 Å². The Hall–Kier alpha value is -1.37. The number of halogens is 2. The Kier molecular flexibility index (Phi) is 5.84. The summed E-state index contributed by atoms with van der Waals surface area (Å²) in [6.07, 6.45) is 2.00. The molecule has 1 unspecified atom stereocenters. The summed E-state index contributed by atoms with van der Waals surface area (Å²) in [4.78, 5) is 29.5. The third-order valence-electron chi connectivity index (χ3n) is 4.11.